The highest BCUT2D eigenvalue weighted by atomic mass is 15.3. The second-order valence-electron chi connectivity index (χ2n) is 4.81. The number of likely N-dealkylation sites (tertiary alicyclic amines) is 1. The third kappa shape index (κ3) is 2.13. The van der Waals surface area contributed by atoms with Gasteiger partial charge in [0.15, 0.2) is 0 Å². The van der Waals surface area contributed by atoms with E-state index in [2.05, 4.69) is 22.0 Å². The van der Waals surface area contributed by atoms with Crippen LogP contribution in [0, 0.1) is 5.41 Å². The molecule has 2 rings (SSSR count). The van der Waals surface area contributed by atoms with Crippen molar-refractivity contribution in [2.24, 2.45) is 10.5 Å². The molecule has 0 atom stereocenters. The minimum absolute atomic E-state index is 0.622. The van der Waals surface area contributed by atoms with Crippen molar-refractivity contribution >= 4 is 5.84 Å². The van der Waals surface area contributed by atoms with Gasteiger partial charge in [-0.1, -0.05) is 25.2 Å². The van der Waals surface area contributed by atoms with Crippen molar-refractivity contribution in [1.82, 2.24) is 10.3 Å². The SMILES string of the molecule is C=C/C=C\C(=N/NC)N1CCC2(CCC2)C1. The second-order valence-corrected chi connectivity index (χ2v) is 4.81. The number of allylic oxidation sites excluding steroid dienone is 2. The summed E-state index contributed by atoms with van der Waals surface area (Å²) in [5.74, 6) is 1.03. The lowest BCUT2D eigenvalue weighted by Crippen LogP contribution is -2.35. The van der Waals surface area contributed by atoms with E-state index in [0.717, 1.165) is 12.4 Å². The second kappa shape index (κ2) is 4.73. The predicted molar refractivity (Wildman–Crippen MR) is 68.3 cm³/mol. The zero-order chi connectivity index (χ0) is 11.4. The van der Waals surface area contributed by atoms with Gasteiger partial charge in [-0.25, -0.2) is 0 Å². The monoisotopic (exact) mass is 219 g/mol. The van der Waals surface area contributed by atoms with E-state index in [0.29, 0.717) is 5.41 Å². The lowest BCUT2D eigenvalue weighted by Gasteiger charge is -2.38. The van der Waals surface area contributed by atoms with Gasteiger partial charge in [0.1, 0.15) is 5.84 Å². The molecule has 88 valence electrons. The summed E-state index contributed by atoms with van der Waals surface area (Å²) >= 11 is 0. The van der Waals surface area contributed by atoms with E-state index >= 15 is 0 Å². The van der Waals surface area contributed by atoms with Crippen molar-refractivity contribution in [3.63, 3.8) is 0 Å². The molecule has 0 amide bonds. The quantitative estimate of drug-likeness (QED) is 0.341. The highest BCUT2D eigenvalue weighted by molar-refractivity contribution is 5.93. The smallest absolute Gasteiger partial charge is 0.148 e. The zero-order valence-electron chi connectivity index (χ0n) is 10.1. The van der Waals surface area contributed by atoms with E-state index in [1.807, 2.05) is 19.2 Å². The maximum Gasteiger partial charge on any atom is 0.148 e. The standard InChI is InChI=1S/C13H21N3/c1-3-4-6-12(15-14-2)16-10-9-13(11-16)7-5-8-13/h3-4,6,14H,1,5,7-11H2,2H3/b6-4-,15-12+. The number of hydrazone groups is 1. The summed E-state index contributed by atoms with van der Waals surface area (Å²) in [6.45, 7) is 6.01. The first-order valence-electron chi connectivity index (χ1n) is 6.08. The van der Waals surface area contributed by atoms with Crippen LogP contribution in [0.25, 0.3) is 0 Å². The van der Waals surface area contributed by atoms with Gasteiger partial charge in [-0.15, -0.1) is 0 Å². The molecule has 1 aliphatic carbocycles. The van der Waals surface area contributed by atoms with Crippen LogP contribution in [0.5, 0.6) is 0 Å². The van der Waals surface area contributed by atoms with Crippen LogP contribution in [0.4, 0.5) is 0 Å². The molecule has 3 heteroatoms. The molecule has 0 aromatic heterocycles. The van der Waals surface area contributed by atoms with E-state index in [1.165, 1.54) is 32.2 Å². The molecule has 0 unspecified atom stereocenters. The predicted octanol–water partition coefficient (Wildman–Crippen LogP) is 2.14. The highest BCUT2D eigenvalue weighted by Crippen LogP contribution is 2.47. The van der Waals surface area contributed by atoms with Gasteiger partial charge in [0.25, 0.3) is 0 Å². The van der Waals surface area contributed by atoms with E-state index in [-0.39, 0.29) is 0 Å². The fraction of sp³-hybridized carbons (Fsp3) is 0.615. The van der Waals surface area contributed by atoms with Crippen LogP contribution < -0.4 is 5.43 Å². The molecule has 3 nitrogen and oxygen atoms in total. The number of nitrogens with zero attached hydrogens (tertiary/aromatic N) is 2. The Hall–Kier alpha value is -1.25. The minimum atomic E-state index is 0.622. The van der Waals surface area contributed by atoms with Crippen molar-refractivity contribution < 1.29 is 0 Å². The van der Waals surface area contributed by atoms with Gasteiger partial charge in [0.05, 0.1) is 0 Å². The lowest BCUT2D eigenvalue weighted by atomic mass is 9.68. The van der Waals surface area contributed by atoms with Crippen LogP contribution in [0.3, 0.4) is 0 Å². The summed E-state index contributed by atoms with van der Waals surface area (Å²) in [5.41, 5.74) is 3.50. The first-order valence-corrected chi connectivity index (χ1v) is 6.08. The number of rotatable bonds is 3. The van der Waals surface area contributed by atoms with Gasteiger partial charge in [-0.2, -0.15) is 5.10 Å². The van der Waals surface area contributed by atoms with Crippen LogP contribution in [0.15, 0.2) is 29.9 Å². The third-order valence-electron chi connectivity index (χ3n) is 3.78. The van der Waals surface area contributed by atoms with Gasteiger partial charge >= 0.3 is 0 Å². The molecule has 2 fully saturated rings. The molecule has 1 aliphatic heterocycles. The Morgan fingerprint density at radius 2 is 2.25 bits per heavy atom. The number of hydrogen-bond donors (Lipinski definition) is 1. The zero-order valence-corrected chi connectivity index (χ0v) is 10.1. The molecule has 1 saturated carbocycles. The number of nitrogens with one attached hydrogen (secondary N) is 1. The van der Waals surface area contributed by atoms with E-state index in [9.17, 15) is 0 Å². The fourth-order valence-electron chi connectivity index (χ4n) is 2.70. The van der Waals surface area contributed by atoms with Crippen LogP contribution in [0.1, 0.15) is 25.7 Å². The number of amidine groups is 1. The summed E-state index contributed by atoms with van der Waals surface area (Å²) in [4.78, 5) is 2.38. The van der Waals surface area contributed by atoms with Crippen LogP contribution in [-0.2, 0) is 0 Å². The summed E-state index contributed by atoms with van der Waals surface area (Å²) in [6, 6.07) is 0. The van der Waals surface area contributed by atoms with Crippen molar-refractivity contribution in [3.05, 3.63) is 24.8 Å². The average Bonchev–Trinajstić information content (AvgIpc) is 2.69. The molecule has 1 heterocycles. The highest BCUT2D eigenvalue weighted by Gasteiger charge is 2.43. The Morgan fingerprint density at radius 1 is 1.44 bits per heavy atom. The van der Waals surface area contributed by atoms with Crippen molar-refractivity contribution in [3.8, 4) is 0 Å². The van der Waals surface area contributed by atoms with E-state index in [4.69, 9.17) is 0 Å². The van der Waals surface area contributed by atoms with E-state index < -0.39 is 0 Å². The van der Waals surface area contributed by atoms with Crippen LogP contribution in [-0.4, -0.2) is 30.9 Å². The lowest BCUT2D eigenvalue weighted by molar-refractivity contribution is 0.152. The Bertz CT molecular complexity index is 313. The first kappa shape index (κ1) is 11.2. The molecule has 2 aliphatic rings. The molecule has 0 aromatic carbocycles. The van der Waals surface area contributed by atoms with Gasteiger partial charge in [-0.05, 0) is 30.8 Å². The van der Waals surface area contributed by atoms with Crippen LogP contribution in [0.2, 0.25) is 0 Å². The maximum atomic E-state index is 4.33. The maximum absolute atomic E-state index is 4.33. The molecular weight excluding hydrogens is 198 g/mol. The molecule has 0 aromatic rings. The van der Waals surface area contributed by atoms with Gasteiger partial charge in [0, 0.05) is 20.1 Å². The van der Waals surface area contributed by atoms with Crippen molar-refractivity contribution in [1.29, 1.82) is 0 Å². The summed E-state index contributed by atoms with van der Waals surface area (Å²) < 4.78 is 0. The largest absolute Gasteiger partial charge is 0.355 e. The Kier molecular flexibility index (Phi) is 3.32. The third-order valence-corrected chi connectivity index (χ3v) is 3.78. The Balaban J connectivity index is 2.01. The molecule has 0 bridgehead atoms. The summed E-state index contributed by atoms with van der Waals surface area (Å²) in [6.07, 6.45) is 11.3. The molecular formula is C13H21N3. The molecule has 16 heavy (non-hydrogen) atoms. The Labute approximate surface area is 97.9 Å². The number of hydrogen-bond acceptors (Lipinski definition) is 2. The van der Waals surface area contributed by atoms with Crippen molar-refractivity contribution in [2.45, 2.75) is 25.7 Å². The van der Waals surface area contributed by atoms with Gasteiger partial charge < -0.3 is 10.3 Å². The molecule has 0 radical (unpaired) electrons. The fourth-order valence-corrected chi connectivity index (χ4v) is 2.70. The molecule has 1 saturated heterocycles. The average molecular weight is 219 g/mol. The first-order chi connectivity index (χ1) is 7.79. The Morgan fingerprint density at radius 3 is 2.75 bits per heavy atom. The minimum Gasteiger partial charge on any atom is -0.355 e. The summed E-state index contributed by atoms with van der Waals surface area (Å²) in [7, 11) is 1.84. The van der Waals surface area contributed by atoms with E-state index in [1.54, 1.807) is 6.08 Å². The van der Waals surface area contributed by atoms with Gasteiger partial charge in [-0.3, -0.25) is 0 Å². The van der Waals surface area contributed by atoms with Crippen LogP contribution >= 0.6 is 0 Å². The molecule has 1 N–H and O–H groups in total. The molecule has 1 spiro atoms. The normalized spacial score (nSPS) is 23.8. The van der Waals surface area contributed by atoms with Gasteiger partial charge in [0.2, 0.25) is 0 Å². The summed E-state index contributed by atoms with van der Waals surface area (Å²) in [5, 5.41) is 4.33. The van der Waals surface area contributed by atoms with Crippen molar-refractivity contribution in [2.75, 3.05) is 20.1 Å². The topological polar surface area (TPSA) is 27.6 Å².